The predicted octanol–water partition coefficient (Wildman–Crippen LogP) is 3.66. The van der Waals surface area contributed by atoms with Crippen LogP contribution in [0.5, 0.6) is 0 Å². The molecule has 0 aromatic carbocycles. The molecule has 0 N–H and O–H groups in total. The molecule has 14 heavy (non-hydrogen) atoms. The van der Waals surface area contributed by atoms with Gasteiger partial charge in [-0.1, -0.05) is 33.1 Å². The number of hydrogen-bond donors (Lipinski definition) is 0. The first-order valence-electron chi connectivity index (χ1n) is 5.73. The van der Waals surface area contributed by atoms with Crippen LogP contribution in [0, 0.1) is 5.92 Å². The smallest absolute Gasteiger partial charge is 0.0948 e. The Morgan fingerprint density at radius 3 is 2.64 bits per heavy atom. The highest BCUT2D eigenvalue weighted by Crippen LogP contribution is 2.22. The van der Waals surface area contributed by atoms with Crippen LogP contribution in [-0.4, -0.2) is 9.55 Å². The predicted molar refractivity (Wildman–Crippen MR) is 60.2 cm³/mol. The lowest BCUT2D eigenvalue weighted by atomic mass is 9.96. The fourth-order valence-corrected chi connectivity index (χ4v) is 1.76. The van der Waals surface area contributed by atoms with E-state index in [1.54, 1.807) is 0 Å². The summed E-state index contributed by atoms with van der Waals surface area (Å²) in [6.07, 6.45) is 11.2. The number of imidazole rings is 1. The first kappa shape index (κ1) is 11.3. The number of rotatable bonds is 6. The van der Waals surface area contributed by atoms with Crippen LogP contribution in [0.3, 0.4) is 0 Å². The van der Waals surface area contributed by atoms with Crippen molar-refractivity contribution >= 4 is 0 Å². The van der Waals surface area contributed by atoms with Crippen LogP contribution in [0.4, 0.5) is 0 Å². The summed E-state index contributed by atoms with van der Waals surface area (Å²) in [5, 5.41) is 0. The molecule has 1 aromatic heterocycles. The normalized spacial score (nSPS) is 15.4. The summed E-state index contributed by atoms with van der Waals surface area (Å²) >= 11 is 0. The summed E-state index contributed by atoms with van der Waals surface area (Å²) in [6.45, 7) is 6.86. The Morgan fingerprint density at radius 2 is 2.07 bits per heavy atom. The van der Waals surface area contributed by atoms with Crippen molar-refractivity contribution in [3.05, 3.63) is 18.7 Å². The van der Waals surface area contributed by atoms with E-state index in [0.717, 1.165) is 5.92 Å². The summed E-state index contributed by atoms with van der Waals surface area (Å²) in [5.74, 6) is 0.746. The van der Waals surface area contributed by atoms with Gasteiger partial charge in [0.15, 0.2) is 0 Å². The first-order valence-corrected chi connectivity index (χ1v) is 5.73. The van der Waals surface area contributed by atoms with E-state index in [-0.39, 0.29) is 0 Å². The van der Waals surface area contributed by atoms with E-state index < -0.39 is 0 Å². The van der Waals surface area contributed by atoms with E-state index in [9.17, 15) is 0 Å². The quantitative estimate of drug-likeness (QED) is 0.632. The summed E-state index contributed by atoms with van der Waals surface area (Å²) in [7, 11) is 0. The highest BCUT2D eigenvalue weighted by atomic mass is 15.0. The van der Waals surface area contributed by atoms with E-state index in [2.05, 4.69) is 36.5 Å². The maximum atomic E-state index is 4.09. The minimum absolute atomic E-state index is 0.578. The molecule has 1 rings (SSSR count). The zero-order valence-electron chi connectivity index (χ0n) is 9.61. The molecule has 2 atom stereocenters. The fraction of sp³-hybridized carbons (Fsp3) is 0.750. The maximum Gasteiger partial charge on any atom is 0.0948 e. The number of nitrogens with zero attached hydrogens (tertiary/aromatic N) is 2. The van der Waals surface area contributed by atoms with Crippen LogP contribution in [0.15, 0.2) is 18.7 Å². The molecular weight excluding hydrogens is 172 g/mol. The monoisotopic (exact) mass is 194 g/mol. The topological polar surface area (TPSA) is 17.8 Å². The summed E-state index contributed by atoms with van der Waals surface area (Å²) in [6, 6.07) is 0.578. The first-order chi connectivity index (χ1) is 6.75. The third-order valence-corrected chi connectivity index (χ3v) is 3.08. The lowest BCUT2D eigenvalue weighted by molar-refractivity contribution is 0.347. The average molecular weight is 194 g/mol. The van der Waals surface area contributed by atoms with Crippen LogP contribution < -0.4 is 0 Å². The second-order valence-electron chi connectivity index (χ2n) is 4.22. The van der Waals surface area contributed by atoms with Crippen LogP contribution in [0.1, 0.15) is 52.5 Å². The molecule has 0 aliphatic heterocycles. The molecule has 1 heterocycles. The maximum absolute atomic E-state index is 4.09. The molecule has 2 nitrogen and oxygen atoms in total. The van der Waals surface area contributed by atoms with Gasteiger partial charge in [-0.3, -0.25) is 0 Å². The summed E-state index contributed by atoms with van der Waals surface area (Å²) in [4.78, 5) is 4.09. The van der Waals surface area contributed by atoms with Crippen molar-refractivity contribution < 1.29 is 0 Å². The van der Waals surface area contributed by atoms with E-state index >= 15 is 0 Å². The third-order valence-electron chi connectivity index (χ3n) is 3.08. The zero-order chi connectivity index (χ0) is 10.4. The Balaban J connectivity index is 2.33. The standard InChI is InChI=1S/C12H22N2/c1-4-5-6-7-11(2)12(3)14-9-8-13-10-14/h8-12H,4-7H2,1-3H3. The largest absolute Gasteiger partial charge is 0.334 e. The number of hydrogen-bond acceptors (Lipinski definition) is 1. The minimum atomic E-state index is 0.578. The van der Waals surface area contributed by atoms with E-state index in [1.165, 1.54) is 25.7 Å². The van der Waals surface area contributed by atoms with Gasteiger partial charge in [-0.15, -0.1) is 0 Å². The molecule has 0 spiro atoms. The molecule has 0 aliphatic carbocycles. The Labute approximate surface area is 87.4 Å². The van der Waals surface area contributed by atoms with Crippen molar-refractivity contribution in [2.45, 2.75) is 52.5 Å². The van der Waals surface area contributed by atoms with Crippen LogP contribution >= 0.6 is 0 Å². The Hall–Kier alpha value is -0.790. The SMILES string of the molecule is CCCCCC(C)C(C)n1ccnc1. The van der Waals surface area contributed by atoms with Gasteiger partial charge in [0.05, 0.1) is 6.33 Å². The molecular formula is C12H22N2. The van der Waals surface area contributed by atoms with Crippen molar-refractivity contribution in [1.82, 2.24) is 9.55 Å². The van der Waals surface area contributed by atoms with Gasteiger partial charge in [0.25, 0.3) is 0 Å². The number of aromatic nitrogens is 2. The van der Waals surface area contributed by atoms with Gasteiger partial charge in [-0.2, -0.15) is 0 Å². The molecule has 80 valence electrons. The van der Waals surface area contributed by atoms with Crippen molar-refractivity contribution in [2.24, 2.45) is 5.92 Å². The van der Waals surface area contributed by atoms with Gasteiger partial charge >= 0.3 is 0 Å². The highest BCUT2D eigenvalue weighted by Gasteiger charge is 2.12. The van der Waals surface area contributed by atoms with Crippen molar-refractivity contribution in [3.8, 4) is 0 Å². The van der Waals surface area contributed by atoms with E-state index in [0.29, 0.717) is 6.04 Å². The Kier molecular flexibility index (Phi) is 4.71. The van der Waals surface area contributed by atoms with E-state index in [4.69, 9.17) is 0 Å². The molecule has 0 saturated carbocycles. The van der Waals surface area contributed by atoms with Crippen LogP contribution in [0.2, 0.25) is 0 Å². The van der Waals surface area contributed by atoms with Crippen LogP contribution in [0.25, 0.3) is 0 Å². The average Bonchev–Trinajstić information content (AvgIpc) is 2.69. The molecule has 0 radical (unpaired) electrons. The van der Waals surface area contributed by atoms with Gasteiger partial charge in [-0.25, -0.2) is 4.98 Å². The molecule has 0 amide bonds. The Morgan fingerprint density at radius 1 is 1.29 bits per heavy atom. The summed E-state index contributed by atoms with van der Waals surface area (Å²) in [5.41, 5.74) is 0. The van der Waals surface area contributed by atoms with E-state index in [1.807, 2.05) is 12.5 Å². The third kappa shape index (κ3) is 3.17. The lowest BCUT2D eigenvalue weighted by Gasteiger charge is -2.20. The van der Waals surface area contributed by atoms with Crippen molar-refractivity contribution in [1.29, 1.82) is 0 Å². The molecule has 0 bridgehead atoms. The molecule has 2 heteroatoms. The molecule has 1 aromatic rings. The fourth-order valence-electron chi connectivity index (χ4n) is 1.76. The number of unbranched alkanes of at least 4 members (excludes halogenated alkanes) is 2. The van der Waals surface area contributed by atoms with Gasteiger partial charge in [0.2, 0.25) is 0 Å². The van der Waals surface area contributed by atoms with Gasteiger partial charge in [0.1, 0.15) is 0 Å². The molecule has 0 fully saturated rings. The van der Waals surface area contributed by atoms with Crippen LogP contribution in [-0.2, 0) is 0 Å². The van der Waals surface area contributed by atoms with Gasteiger partial charge in [-0.05, 0) is 19.3 Å². The van der Waals surface area contributed by atoms with Crippen molar-refractivity contribution in [3.63, 3.8) is 0 Å². The highest BCUT2D eigenvalue weighted by molar-refractivity contribution is 4.80. The molecule has 0 aliphatic rings. The van der Waals surface area contributed by atoms with Gasteiger partial charge in [0, 0.05) is 18.4 Å². The second kappa shape index (κ2) is 5.84. The molecule has 2 unspecified atom stereocenters. The zero-order valence-corrected chi connectivity index (χ0v) is 9.61. The van der Waals surface area contributed by atoms with Gasteiger partial charge < -0.3 is 4.57 Å². The Bertz CT molecular complexity index is 228. The lowest BCUT2D eigenvalue weighted by Crippen LogP contribution is -2.12. The molecule has 0 saturated heterocycles. The second-order valence-corrected chi connectivity index (χ2v) is 4.22. The minimum Gasteiger partial charge on any atom is -0.334 e. The summed E-state index contributed by atoms with van der Waals surface area (Å²) < 4.78 is 2.20. The van der Waals surface area contributed by atoms with Crippen molar-refractivity contribution in [2.75, 3.05) is 0 Å².